The first-order valence-corrected chi connectivity index (χ1v) is 6.39. The highest BCUT2D eigenvalue weighted by Gasteiger charge is 2.08. The molecule has 1 unspecified atom stereocenters. The SMILES string of the molecule is N#CC(CBr)Cc1cccc2ccccc12. The monoisotopic (exact) mass is 273 g/mol. The second-order valence-corrected chi connectivity index (χ2v) is 4.47. The van der Waals surface area contributed by atoms with E-state index in [9.17, 15) is 0 Å². The van der Waals surface area contributed by atoms with E-state index < -0.39 is 0 Å². The average Bonchev–Trinajstić information content (AvgIpc) is 2.36. The van der Waals surface area contributed by atoms with Gasteiger partial charge in [-0.25, -0.2) is 0 Å². The predicted molar refractivity (Wildman–Crippen MR) is 70.5 cm³/mol. The number of hydrogen-bond acceptors (Lipinski definition) is 1. The minimum Gasteiger partial charge on any atom is -0.198 e. The van der Waals surface area contributed by atoms with Crippen molar-refractivity contribution >= 4 is 26.7 Å². The predicted octanol–water partition coefficient (Wildman–Crippen LogP) is 3.92. The number of halogens is 1. The van der Waals surface area contributed by atoms with Crippen molar-refractivity contribution < 1.29 is 0 Å². The van der Waals surface area contributed by atoms with Crippen LogP contribution in [0, 0.1) is 17.2 Å². The van der Waals surface area contributed by atoms with Crippen LogP contribution < -0.4 is 0 Å². The van der Waals surface area contributed by atoms with Crippen LogP contribution in [0.5, 0.6) is 0 Å². The summed E-state index contributed by atoms with van der Waals surface area (Å²) < 4.78 is 0. The molecule has 1 atom stereocenters. The Morgan fingerprint density at radius 2 is 1.88 bits per heavy atom. The fourth-order valence-electron chi connectivity index (χ4n) is 1.87. The summed E-state index contributed by atoms with van der Waals surface area (Å²) in [5, 5.41) is 12.2. The molecule has 0 saturated heterocycles. The van der Waals surface area contributed by atoms with Gasteiger partial charge in [0, 0.05) is 5.33 Å². The lowest BCUT2D eigenvalue weighted by Crippen LogP contribution is -2.03. The summed E-state index contributed by atoms with van der Waals surface area (Å²) in [6.07, 6.45) is 0.809. The van der Waals surface area contributed by atoms with E-state index in [0.29, 0.717) is 0 Å². The van der Waals surface area contributed by atoms with Gasteiger partial charge in [0.05, 0.1) is 12.0 Å². The molecule has 0 radical (unpaired) electrons. The van der Waals surface area contributed by atoms with Gasteiger partial charge in [0.1, 0.15) is 0 Å². The molecule has 80 valence electrons. The van der Waals surface area contributed by atoms with Crippen molar-refractivity contribution in [2.75, 3.05) is 5.33 Å². The molecular weight excluding hydrogens is 262 g/mol. The van der Waals surface area contributed by atoms with Crippen LogP contribution in [0.3, 0.4) is 0 Å². The molecule has 0 aromatic heterocycles. The summed E-state index contributed by atoms with van der Waals surface area (Å²) >= 11 is 3.38. The fraction of sp³-hybridized carbons (Fsp3) is 0.214. The van der Waals surface area contributed by atoms with Crippen LogP contribution in [0.4, 0.5) is 0 Å². The maximum Gasteiger partial charge on any atom is 0.0668 e. The molecule has 2 rings (SSSR count). The second kappa shape index (κ2) is 5.14. The largest absolute Gasteiger partial charge is 0.198 e. The lowest BCUT2D eigenvalue weighted by Gasteiger charge is -2.08. The Labute approximate surface area is 104 Å². The number of rotatable bonds is 3. The molecule has 0 aliphatic rings. The van der Waals surface area contributed by atoms with Crippen molar-refractivity contribution in [3.05, 3.63) is 48.0 Å². The van der Waals surface area contributed by atoms with Crippen LogP contribution in [0.1, 0.15) is 5.56 Å². The number of nitriles is 1. The minimum atomic E-state index is 0.0470. The molecule has 16 heavy (non-hydrogen) atoms. The molecular formula is C14H12BrN. The molecule has 1 nitrogen and oxygen atoms in total. The van der Waals surface area contributed by atoms with Crippen LogP contribution in [-0.2, 0) is 6.42 Å². The van der Waals surface area contributed by atoms with E-state index in [-0.39, 0.29) is 5.92 Å². The smallest absolute Gasteiger partial charge is 0.0668 e. The summed E-state index contributed by atoms with van der Waals surface area (Å²) in [4.78, 5) is 0. The molecule has 0 bridgehead atoms. The van der Waals surface area contributed by atoms with E-state index in [0.717, 1.165) is 11.8 Å². The molecule has 0 heterocycles. The highest BCUT2D eigenvalue weighted by molar-refractivity contribution is 9.09. The molecule has 0 aliphatic carbocycles. The lowest BCUT2D eigenvalue weighted by atomic mass is 9.97. The van der Waals surface area contributed by atoms with Crippen LogP contribution in [0.25, 0.3) is 10.8 Å². The molecule has 0 spiro atoms. The normalized spacial score (nSPS) is 12.2. The van der Waals surface area contributed by atoms with Gasteiger partial charge in [0.15, 0.2) is 0 Å². The van der Waals surface area contributed by atoms with Gasteiger partial charge in [-0.2, -0.15) is 5.26 Å². The van der Waals surface area contributed by atoms with E-state index in [1.807, 2.05) is 12.1 Å². The first kappa shape index (κ1) is 11.2. The molecule has 0 fully saturated rings. The van der Waals surface area contributed by atoms with Gasteiger partial charge in [0.2, 0.25) is 0 Å². The van der Waals surface area contributed by atoms with Crippen molar-refractivity contribution in [3.8, 4) is 6.07 Å². The molecule has 2 heteroatoms. The Morgan fingerprint density at radius 1 is 1.12 bits per heavy atom. The summed E-state index contributed by atoms with van der Waals surface area (Å²) in [7, 11) is 0. The van der Waals surface area contributed by atoms with E-state index in [1.165, 1.54) is 16.3 Å². The van der Waals surface area contributed by atoms with Crippen molar-refractivity contribution in [2.24, 2.45) is 5.92 Å². The Balaban J connectivity index is 2.41. The topological polar surface area (TPSA) is 23.8 Å². The first-order valence-electron chi connectivity index (χ1n) is 5.27. The van der Waals surface area contributed by atoms with Crippen LogP contribution in [-0.4, -0.2) is 5.33 Å². The zero-order valence-electron chi connectivity index (χ0n) is 8.86. The third kappa shape index (κ3) is 2.25. The van der Waals surface area contributed by atoms with Gasteiger partial charge in [-0.05, 0) is 22.8 Å². The maximum atomic E-state index is 8.98. The summed E-state index contributed by atoms with van der Waals surface area (Å²) in [5.41, 5.74) is 1.25. The maximum absolute atomic E-state index is 8.98. The fourth-order valence-corrected chi connectivity index (χ4v) is 2.24. The Hall–Kier alpha value is -1.33. The molecule has 2 aromatic carbocycles. The van der Waals surface area contributed by atoms with E-state index in [4.69, 9.17) is 5.26 Å². The van der Waals surface area contributed by atoms with Crippen LogP contribution in [0.2, 0.25) is 0 Å². The molecule has 0 saturated carbocycles. The zero-order chi connectivity index (χ0) is 11.4. The number of fused-ring (bicyclic) bond motifs is 1. The molecule has 0 N–H and O–H groups in total. The standard InChI is InChI=1S/C14H12BrN/c15-9-11(10-16)8-13-6-3-5-12-4-1-2-7-14(12)13/h1-7,11H,8-9H2. The zero-order valence-corrected chi connectivity index (χ0v) is 10.4. The van der Waals surface area contributed by atoms with Gasteiger partial charge in [0.25, 0.3) is 0 Å². The Kier molecular flexibility index (Phi) is 3.58. The summed E-state index contributed by atoms with van der Waals surface area (Å²) in [6, 6.07) is 16.9. The van der Waals surface area contributed by atoms with Crippen molar-refractivity contribution in [3.63, 3.8) is 0 Å². The highest BCUT2D eigenvalue weighted by atomic mass is 79.9. The van der Waals surface area contributed by atoms with Gasteiger partial charge in [-0.1, -0.05) is 58.4 Å². The van der Waals surface area contributed by atoms with Crippen LogP contribution >= 0.6 is 15.9 Å². The van der Waals surface area contributed by atoms with Crippen LogP contribution in [0.15, 0.2) is 42.5 Å². The minimum absolute atomic E-state index is 0.0470. The number of alkyl halides is 1. The van der Waals surface area contributed by atoms with E-state index in [1.54, 1.807) is 0 Å². The Morgan fingerprint density at radius 3 is 2.62 bits per heavy atom. The molecule has 0 aliphatic heterocycles. The second-order valence-electron chi connectivity index (χ2n) is 3.82. The first-order chi connectivity index (χ1) is 7.85. The Bertz CT molecular complexity index is 522. The van der Waals surface area contributed by atoms with Gasteiger partial charge in [-0.15, -0.1) is 0 Å². The third-order valence-corrected chi connectivity index (χ3v) is 3.50. The van der Waals surface area contributed by atoms with Crippen molar-refractivity contribution in [1.82, 2.24) is 0 Å². The van der Waals surface area contributed by atoms with E-state index >= 15 is 0 Å². The summed E-state index contributed by atoms with van der Waals surface area (Å²) in [6.45, 7) is 0. The van der Waals surface area contributed by atoms with Crippen molar-refractivity contribution in [1.29, 1.82) is 5.26 Å². The number of nitrogens with zero attached hydrogens (tertiary/aromatic N) is 1. The van der Waals surface area contributed by atoms with Gasteiger partial charge in [-0.3, -0.25) is 0 Å². The molecule has 2 aromatic rings. The van der Waals surface area contributed by atoms with E-state index in [2.05, 4.69) is 52.3 Å². The number of benzene rings is 2. The average molecular weight is 274 g/mol. The van der Waals surface area contributed by atoms with Crippen molar-refractivity contribution in [2.45, 2.75) is 6.42 Å². The van der Waals surface area contributed by atoms with Gasteiger partial charge < -0.3 is 0 Å². The molecule has 0 amide bonds. The third-order valence-electron chi connectivity index (χ3n) is 2.72. The highest BCUT2D eigenvalue weighted by Crippen LogP contribution is 2.21. The number of hydrogen-bond donors (Lipinski definition) is 0. The lowest BCUT2D eigenvalue weighted by molar-refractivity contribution is 0.760. The quantitative estimate of drug-likeness (QED) is 0.778. The summed E-state index contributed by atoms with van der Waals surface area (Å²) in [5.74, 6) is 0.0470. The van der Waals surface area contributed by atoms with Gasteiger partial charge >= 0.3 is 0 Å².